The van der Waals surface area contributed by atoms with Gasteiger partial charge in [-0.3, -0.25) is 19.6 Å². The van der Waals surface area contributed by atoms with E-state index in [1.165, 1.54) is 42.7 Å². The number of halogens is 6. The lowest BCUT2D eigenvalue weighted by Crippen LogP contribution is -2.52. The standard InChI is InChI=1S/C26H32F3N3O4.C21H24F3N3O2/c1-15(2)12-25(6,32-23(34)36-24(3,4)5)14-35-20-8-7-16(11-18(20)26(27,28)29)17-9-10-30-19-13-31-22(33)21(17)19;1-12(2)9-20(3,25)11-29-17-5-4-13(8-15(17)21(22,23)24)14-6-7-26-16-10-27-19(28)18(14)16/h7-11,15H,12-14H2,1-6H3,(H,31,33)(H,32,34);4-8,12H,9-11,25H2,1-3H3,(H,27,28)/t25-;20-/m00/s1. The fraction of sp³-hybridized carbons (Fsp3) is 0.468. The van der Waals surface area contributed by atoms with E-state index in [1.807, 2.05) is 27.7 Å². The van der Waals surface area contributed by atoms with Crippen LogP contribution in [0.25, 0.3) is 22.3 Å². The molecule has 2 aliphatic rings. The Bertz CT molecular complexity index is 2390. The molecule has 0 unspecified atom stereocenters. The summed E-state index contributed by atoms with van der Waals surface area (Å²) >= 11 is 0. The van der Waals surface area contributed by atoms with Gasteiger partial charge in [-0.15, -0.1) is 0 Å². The zero-order valence-electron chi connectivity index (χ0n) is 37.9. The Morgan fingerprint density at radius 3 is 1.52 bits per heavy atom. The Balaban J connectivity index is 0.000000250. The summed E-state index contributed by atoms with van der Waals surface area (Å²) in [6, 6.07) is 10.5. The molecular weight excluding hydrogens is 859 g/mol. The summed E-state index contributed by atoms with van der Waals surface area (Å²) in [5.41, 5.74) is 4.68. The maximum absolute atomic E-state index is 14.1. The topological polar surface area (TPSA) is 167 Å². The second-order valence-corrected chi connectivity index (χ2v) is 18.8. The molecule has 2 aromatic heterocycles. The summed E-state index contributed by atoms with van der Waals surface area (Å²) < 4.78 is 99.9. The van der Waals surface area contributed by atoms with Crippen molar-refractivity contribution in [1.82, 2.24) is 25.9 Å². The van der Waals surface area contributed by atoms with Crippen molar-refractivity contribution in [1.29, 1.82) is 0 Å². The Kier molecular flexibility index (Phi) is 14.9. The SMILES string of the molecule is CC(C)C[C@@](C)(COc1ccc(-c2ccnc3c2C(=O)NC3)cc1C(F)(F)F)NC(=O)OC(C)(C)C.CC(C)C[C@](C)(N)COc1ccc(-c2ccnc3c2C(=O)NC3)cc1C(F)(F)F. The molecule has 0 bridgehead atoms. The predicted molar refractivity (Wildman–Crippen MR) is 232 cm³/mol. The number of nitrogens with two attached hydrogens (primary N) is 1. The van der Waals surface area contributed by atoms with E-state index < -0.39 is 46.3 Å². The molecular formula is C47H56F6N6O6. The summed E-state index contributed by atoms with van der Waals surface area (Å²) in [4.78, 5) is 45.0. The summed E-state index contributed by atoms with van der Waals surface area (Å²) in [7, 11) is 0. The first-order valence-electron chi connectivity index (χ1n) is 21.1. The van der Waals surface area contributed by atoms with E-state index in [9.17, 15) is 40.7 Å². The molecule has 0 saturated carbocycles. The Labute approximate surface area is 374 Å². The quantitative estimate of drug-likeness (QED) is 0.0955. The van der Waals surface area contributed by atoms with Crippen molar-refractivity contribution >= 4 is 17.9 Å². The second-order valence-electron chi connectivity index (χ2n) is 18.8. The first-order valence-corrected chi connectivity index (χ1v) is 21.1. The van der Waals surface area contributed by atoms with Crippen LogP contribution >= 0.6 is 0 Å². The largest absolute Gasteiger partial charge is 0.491 e. The van der Waals surface area contributed by atoms with Gasteiger partial charge in [0.2, 0.25) is 0 Å². The maximum Gasteiger partial charge on any atom is 0.419 e. The molecule has 0 aliphatic carbocycles. The van der Waals surface area contributed by atoms with E-state index in [0.717, 1.165) is 12.1 Å². The zero-order valence-corrected chi connectivity index (χ0v) is 37.9. The summed E-state index contributed by atoms with van der Waals surface area (Å²) in [5.74, 6) is -0.959. The van der Waals surface area contributed by atoms with Gasteiger partial charge in [-0.2, -0.15) is 26.3 Å². The summed E-state index contributed by atoms with van der Waals surface area (Å²) in [6.45, 7) is 16.7. The van der Waals surface area contributed by atoms with E-state index >= 15 is 0 Å². The van der Waals surface area contributed by atoms with Crippen molar-refractivity contribution in [2.24, 2.45) is 17.6 Å². The molecule has 5 N–H and O–H groups in total. The van der Waals surface area contributed by atoms with Gasteiger partial charge in [-0.05, 0) is 118 Å². The summed E-state index contributed by atoms with van der Waals surface area (Å²) in [5, 5.41) is 8.04. The van der Waals surface area contributed by atoms with Gasteiger partial charge in [-0.25, -0.2) is 4.79 Å². The number of fused-ring (bicyclic) bond motifs is 2. The highest BCUT2D eigenvalue weighted by Crippen LogP contribution is 2.42. The number of carbonyl (C=O) groups excluding carboxylic acids is 3. The number of benzene rings is 2. The van der Waals surface area contributed by atoms with Crippen molar-refractivity contribution in [3.63, 3.8) is 0 Å². The molecule has 0 fully saturated rings. The highest BCUT2D eigenvalue weighted by molar-refractivity contribution is 6.04. The minimum absolute atomic E-state index is 0.0410. The Hall–Kier alpha value is -5.91. The molecule has 4 aromatic rings. The van der Waals surface area contributed by atoms with Crippen molar-refractivity contribution in [3.8, 4) is 33.8 Å². The lowest BCUT2D eigenvalue weighted by atomic mass is 9.91. The molecule has 3 amide bonds. The lowest BCUT2D eigenvalue weighted by molar-refractivity contribution is -0.139. The van der Waals surface area contributed by atoms with Crippen LogP contribution in [0.15, 0.2) is 60.9 Å². The predicted octanol–water partition coefficient (Wildman–Crippen LogP) is 9.87. The van der Waals surface area contributed by atoms with Crippen LogP contribution < -0.4 is 31.2 Å². The monoisotopic (exact) mass is 914 g/mol. The van der Waals surface area contributed by atoms with E-state index in [1.54, 1.807) is 40.7 Å². The van der Waals surface area contributed by atoms with Gasteiger partial charge in [0.1, 0.15) is 30.3 Å². The van der Waals surface area contributed by atoms with Gasteiger partial charge < -0.3 is 35.9 Å². The molecule has 2 atom stereocenters. The minimum atomic E-state index is -4.71. The van der Waals surface area contributed by atoms with E-state index in [4.69, 9.17) is 19.9 Å². The number of ether oxygens (including phenoxy) is 3. The number of hydrogen-bond acceptors (Lipinski definition) is 9. The van der Waals surface area contributed by atoms with Crippen molar-refractivity contribution in [2.75, 3.05) is 13.2 Å². The molecule has 2 aliphatic heterocycles. The van der Waals surface area contributed by atoms with Crippen molar-refractivity contribution in [2.45, 2.75) is 117 Å². The third-order valence-electron chi connectivity index (χ3n) is 10.2. The number of carbonyl (C=O) groups is 3. The molecule has 0 saturated heterocycles. The van der Waals surface area contributed by atoms with Gasteiger partial charge >= 0.3 is 18.4 Å². The third-order valence-corrected chi connectivity index (χ3v) is 10.2. The number of pyridine rings is 2. The summed E-state index contributed by atoms with van der Waals surface area (Å²) in [6.07, 6.45) is -5.99. The Morgan fingerprint density at radius 2 is 1.12 bits per heavy atom. The first kappa shape index (κ1) is 50.1. The number of alkyl halides is 6. The Morgan fingerprint density at radius 1 is 0.692 bits per heavy atom. The molecule has 6 rings (SSSR count). The molecule has 4 heterocycles. The van der Waals surface area contributed by atoms with Gasteiger partial charge in [0, 0.05) is 17.9 Å². The normalized spacial score (nSPS) is 15.5. The second kappa shape index (κ2) is 19.3. The highest BCUT2D eigenvalue weighted by Gasteiger charge is 2.39. The van der Waals surface area contributed by atoms with Crippen molar-refractivity contribution in [3.05, 3.63) is 94.6 Å². The zero-order chi connectivity index (χ0) is 48.3. The smallest absolute Gasteiger partial charge is 0.419 e. The number of aromatic nitrogens is 2. The van der Waals surface area contributed by atoms with Crippen LogP contribution in [0.3, 0.4) is 0 Å². The van der Waals surface area contributed by atoms with Gasteiger partial charge in [0.25, 0.3) is 11.8 Å². The lowest BCUT2D eigenvalue weighted by Gasteiger charge is -2.33. The molecule has 2 aromatic carbocycles. The molecule has 18 heteroatoms. The van der Waals surface area contributed by atoms with E-state index in [2.05, 4.69) is 25.9 Å². The average molecular weight is 915 g/mol. The van der Waals surface area contributed by atoms with Crippen LogP contribution in [0, 0.1) is 11.8 Å². The van der Waals surface area contributed by atoms with E-state index in [-0.39, 0.29) is 78.1 Å². The van der Waals surface area contributed by atoms with Crippen LogP contribution in [0.1, 0.15) is 118 Å². The maximum atomic E-state index is 14.1. The number of alkyl carbamates (subject to hydrolysis) is 1. The molecule has 0 radical (unpaired) electrons. The van der Waals surface area contributed by atoms with Crippen LogP contribution in [0.2, 0.25) is 0 Å². The van der Waals surface area contributed by atoms with Gasteiger partial charge in [-0.1, -0.05) is 39.8 Å². The molecule has 65 heavy (non-hydrogen) atoms. The van der Waals surface area contributed by atoms with E-state index in [0.29, 0.717) is 40.9 Å². The van der Waals surface area contributed by atoms with Crippen LogP contribution in [0.4, 0.5) is 31.1 Å². The van der Waals surface area contributed by atoms with Gasteiger partial charge in [0.15, 0.2) is 0 Å². The molecule has 0 spiro atoms. The average Bonchev–Trinajstić information content (AvgIpc) is 3.76. The minimum Gasteiger partial charge on any atom is -0.491 e. The number of amides is 3. The number of rotatable bonds is 13. The first-order chi connectivity index (χ1) is 30.1. The van der Waals surface area contributed by atoms with Crippen LogP contribution in [0.5, 0.6) is 11.5 Å². The third kappa shape index (κ3) is 13.1. The van der Waals surface area contributed by atoms with Crippen molar-refractivity contribution < 1.29 is 54.9 Å². The number of hydrogen-bond donors (Lipinski definition) is 4. The fourth-order valence-corrected chi connectivity index (χ4v) is 7.93. The molecule has 12 nitrogen and oxygen atoms in total. The number of nitrogens with one attached hydrogen (secondary N) is 3. The fourth-order valence-electron chi connectivity index (χ4n) is 7.93. The van der Waals surface area contributed by atoms with Gasteiger partial charge in [0.05, 0.1) is 52.3 Å². The highest BCUT2D eigenvalue weighted by atomic mass is 19.4. The molecule has 352 valence electrons. The van der Waals surface area contributed by atoms with Crippen LogP contribution in [-0.4, -0.2) is 57.8 Å². The van der Waals surface area contributed by atoms with Crippen LogP contribution in [-0.2, 0) is 30.2 Å². The number of nitrogens with zero attached hydrogens (tertiary/aromatic N) is 2.